The number of ether oxygens (including phenoxy) is 2. The van der Waals surface area contributed by atoms with Gasteiger partial charge in [0.15, 0.2) is 17.7 Å². The number of amides is 2. The van der Waals surface area contributed by atoms with Gasteiger partial charge in [-0.3, -0.25) is 19.2 Å². The summed E-state index contributed by atoms with van der Waals surface area (Å²) in [6, 6.07) is 8.22. The van der Waals surface area contributed by atoms with Gasteiger partial charge in [0.25, 0.3) is 0 Å². The summed E-state index contributed by atoms with van der Waals surface area (Å²) >= 11 is 0. The molecule has 0 spiro atoms. The maximum absolute atomic E-state index is 13.3. The largest absolute Gasteiger partial charge is 0.453 e. The molecule has 0 bridgehead atoms. The van der Waals surface area contributed by atoms with Crippen LogP contribution in [-0.2, 0) is 28.7 Å². The Morgan fingerprint density at radius 2 is 1.61 bits per heavy atom. The summed E-state index contributed by atoms with van der Waals surface area (Å²) in [5.41, 5.74) is 0.696. The number of carbonyl (C=O) groups is 5. The molecule has 1 aromatic carbocycles. The van der Waals surface area contributed by atoms with Gasteiger partial charge >= 0.3 is 12.1 Å². The first kappa shape index (κ1) is 30.9. The average Bonchev–Trinajstić information content (AvgIpc) is 3.30. The number of hydrogen-bond acceptors (Lipinski definition) is 8. The van der Waals surface area contributed by atoms with Crippen LogP contribution in [-0.4, -0.2) is 58.9 Å². The topological polar surface area (TPSA) is 127 Å². The van der Waals surface area contributed by atoms with E-state index >= 15 is 0 Å². The molecule has 2 rings (SSSR count). The molecule has 9 heteroatoms. The molecule has 1 aromatic rings. The maximum atomic E-state index is 13.3. The molecule has 0 saturated carbocycles. The molecule has 0 aromatic heterocycles. The normalized spacial score (nSPS) is 16.8. The Morgan fingerprint density at radius 3 is 2.21 bits per heavy atom. The summed E-state index contributed by atoms with van der Waals surface area (Å²) in [7, 11) is 0. The van der Waals surface area contributed by atoms with Crippen LogP contribution in [0.25, 0.3) is 0 Å². The fraction of sp³-hybridized carbons (Fsp3) is 0.552. The summed E-state index contributed by atoms with van der Waals surface area (Å²) < 4.78 is 10.3. The minimum Gasteiger partial charge on any atom is -0.453 e. The SMILES string of the molecule is CC(=O)O[C@H](C(=O)C=CC(=O)CCCCCCCCCCO)[C@H](C)C(=O)N1C(=O)OC[C@@H]1c1ccccc1. The number of unbranched alkanes of at least 4 members (excludes halogenated alkanes) is 7. The number of aliphatic hydroxyl groups is 1. The Kier molecular flexibility index (Phi) is 13.4. The number of rotatable bonds is 17. The van der Waals surface area contributed by atoms with Crippen LogP contribution in [0.5, 0.6) is 0 Å². The van der Waals surface area contributed by atoms with Crippen LogP contribution in [0.2, 0.25) is 0 Å². The second-order valence-electron chi connectivity index (χ2n) is 9.53. The Bertz CT molecular complexity index is 974. The molecular formula is C29H39NO8. The molecular weight excluding hydrogens is 490 g/mol. The van der Waals surface area contributed by atoms with Gasteiger partial charge in [-0.1, -0.05) is 68.9 Å². The van der Waals surface area contributed by atoms with Crippen molar-refractivity contribution in [2.75, 3.05) is 13.2 Å². The zero-order chi connectivity index (χ0) is 27.9. The number of allylic oxidation sites excluding steroid dienone is 1. The molecule has 9 nitrogen and oxygen atoms in total. The number of benzene rings is 1. The molecule has 1 saturated heterocycles. The van der Waals surface area contributed by atoms with E-state index in [9.17, 15) is 24.0 Å². The van der Waals surface area contributed by atoms with Crippen LogP contribution in [0.3, 0.4) is 0 Å². The van der Waals surface area contributed by atoms with Crippen molar-refractivity contribution in [3.05, 3.63) is 48.0 Å². The van der Waals surface area contributed by atoms with Crippen molar-refractivity contribution in [2.24, 2.45) is 5.92 Å². The highest BCUT2D eigenvalue weighted by atomic mass is 16.6. The van der Waals surface area contributed by atoms with E-state index in [0.29, 0.717) is 18.4 Å². The van der Waals surface area contributed by atoms with Gasteiger partial charge in [0.05, 0.1) is 5.92 Å². The fourth-order valence-electron chi connectivity index (χ4n) is 4.34. The van der Waals surface area contributed by atoms with Gasteiger partial charge in [-0.15, -0.1) is 0 Å². The molecule has 1 aliphatic rings. The second-order valence-corrected chi connectivity index (χ2v) is 9.53. The monoisotopic (exact) mass is 529 g/mol. The molecule has 1 aliphatic heterocycles. The van der Waals surface area contributed by atoms with Crippen LogP contribution in [0.1, 0.15) is 83.2 Å². The first-order valence-electron chi connectivity index (χ1n) is 13.3. The predicted molar refractivity (Wildman–Crippen MR) is 140 cm³/mol. The highest BCUT2D eigenvalue weighted by Crippen LogP contribution is 2.30. The average molecular weight is 530 g/mol. The Morgan fingerprint density at radius 1 is 1.00 bits per heavy atom. The smallest absolute Gasteiger partial charge is 0.417 e. The zero-order valence-electron chi connectivity index (χ0n) is 22.3. The van der Waals surface area contributed by atoms with Gasteiger partial charge in [-0.05, 0) is 37.5 Å². The molecule has 1 fully saturated rings. The number of ketones is 2. The summed E-state index contributed by atoms with van der Waals surface area (Å²) in [6.07, 6.45) is 7.95. The number of carbonyl (C=O) groups excluding carboxylic acids is 5. The van der Waals surface area contributed by atoms with Crippen LogP contribution >= 0.6 is 0 Å². The van der Waals surface area contributed by atoms with Crippen LogP contribution in [0.15, 0.2) is 42.5 Å². The lowest BCUT2D eigenvalue weighted by Gasteiger charge is -2.26. The lowest BCUT2D eigenvalue weighted by molar-refractivity contribution is -0.158. The first-order valence-corrected chi connectivity index (χ1v) is 13.3. The molecule has 1 N–H and O–H groups in total. The highest BCUT2D eigenvalue weighted by Gasteiger charge is 2.44. The van der Waals surface area contributed by atoms with Gasteiger partial charge in [0, 0.05) is 20.0 Å². The van der Waals surface area contributed by atoms with E-state index in [-0.39, 0.29) is 19.0 Å². The van der Waals surface area contributed by atoms with Crippen molar-refractivity contribution >= 4 is 29.5 Å². The molecule has 1 heterocycles. The van der Waals surface area contributed by atoms with E-state index < -0.39 is 41.8 Å². The molecule has 0 aliphatic carbocycles. The molecule has 0 radical (unpaired) electrons. The van der Waals surface area contributed by atoms with Gasteiger partial charge < -0.3 is 14.6 Å². The van der Waals surface area contributed by atoms with Gasteiger partial charge in [0.1, 0.15) is 12.6 Å². The molecule has 0 unspecified atom stereocenters. The Labute approximate surface area is 224 Å². The van der Waals surface area contributed by atoms with Gasteiger partial charge in [-0.2, -0.15) is 0 Å². The van der Waals surface area contributed by atoms with E-state index in [1.165, 1.54) is 6.92 Å². The highest BCUT2D eigenvalue weighted by molar-refractivity contribution is 6.04. The fourth-order valence-corrected chi connectivity index (χ4v) is 4.34. The lowest BCUT2D eigenvalue weighted by Crippen LogP contribution is -2.45. The van der Waals surface area contributed by atoms with Crippen LogP contribution < -0.4 is 0 Å². The van der Waals surface area contributed by atoms with Crippen molar-refractivity contribution in [3.8, 4) is 0 Å². The van der Waals surface area contributed by atoms with E-state index in [1.807, 2.05) is 6.07 Å². The first-order chi connectivity index (χ1) is 18.3. The molecule has 208 valence electrons. The standard InChI is InChI=1S/C29H39NO8/c1-21(28(35)30-25(20-37-29(30)36)23-14-10-9-11-15-23)27(38-22(2)32)26(34)18-17-24(33)16-12-7-5-3-4-6-8-13-19-31/h9-11,14-15,17-18,21,25,27,31H,3-8,12-13,16,19-20H2,1-2H3/t21-,25+,27-/m0/s1. The van der Waals surface area contributed by atoms with Crippen molar-refractivity contribution in [1.29, 1.82) is 0 Å². The molecule has 38 heavy (non-hydrogen) atoms. The minimum absolute atomic E-state index is 0.0222. The summed E-state index contributed by atoms with van der Waals surface area (Å²) in [5.74, 6) is -3.59. The third-order valence-electron chi connectivity index (χ3n) is 6.48. The predicted octanol–water partition coefficient (Wildman–Crippen LogP) is 4.47. The quantitative estimate of drug-likeness (QED) is 0.178. The third kappa shape index (κ3) is 9.85. The summed E-state index contributed by atoms with van der Waals surface area (Å²) in [6.45, 7) is 2.74. The lowest BCUT2D eigenvalue weighted by atomic mass is 9.96. The molecule has 2 amide bonds. The maximum Gasteiger partial charge on any atom is 0.417 e. The van der Waals surface area contributed by atoms with Crippen molar-refractivity contribution in [3.63, 3.8) is 0 Å². The number of esters is 1. The van der Waals surface area contributed by atoms with Crippen LogP contribution in [0.4, 0.5) is 4.79 Å². The summed E-state index contributed by atoms with van der Waals surface area (Å²) in [5, 5.41) is 8.78. The van der Waals surface area contributed by atoms with E-state index in [0.717, 1.165) is 68.9 Å². The zero-order valence-corrected chi connectivity index (χ0v) is 22.3. The van der Waals surface area contributed by atoms with E-state index in [2.05, 4.69) is 0 Å². The van der Waals surface area contributed by atoms with Crippen molar-refractivity contribution in [2.45, 2.75) is 83.8 Å². The van der Waals surface area contributed by atoms with Crippen molar-refractivity contribution < 1.29 is 38.6 Å². The number of aliphatic hydroxyl groups excluding tert-OH is 1. The van der Waals surface area contributed by atoms with Crippen molar-refractivity contribution in [1.82, 2.24) is 4.90 Å². The number of hydrogen-bond donors (Lipinski definition) is 1. The second kappa shape index (κ2) is 16.5. The third-order valence-corrected chi connectivity index (χ3v) is 6.48. The minimum atomic E-state index is -1.49. The van der Waals surface area contributed by atoms with Gasteiger partial charge in [-0.25, -0.2) is 9.69 Å². The van der Waals surface area contributed by atoms with E-state index in [1.54, 1.807) is 24.3 Å². The van der Waals surface area contributed by atoms with Gasteiger partial charge in [0.2, 0.25) is 5.91 Å². The van der Waals surface area contributed by atoms with Crippen LogP contribution in [0, 0.1) is 5.92 Å². The Hall–Kier alpha value is -3.33. The number of nitrogens with zero attached hydrogens (tertiary/aromatic N) is 1. The van der Waals surface area contributed by atoms with E-state index in [4.69, 9.17) is 14.6 Å². The summed E-state index contributed by atoms with van der Waals surface area (Å²) in [4.78, 5) is 63.4. The molecule has 3 atom stereocenters. The number of cyclic esters (lactones) is 1. The number of imide groups is 1. The Balaban J connectivity index is 1.93.